The Bertz CT molecular complexity index is 643. The Morgan fingerprint density at radius 1 is 1.50 bits per heavy atom. The van der Waals surface area contributed by atoms with Crippen LogP contribution in [0.15, 0.2) is 28.1 Å². The lowest BCUT2D eigenvalue weighted by Crippen LogP contribution is -2.49. The zero-order chi connectivity index (χ0) is 15.7. The lowest BCUT2D eigenvalue weighted by atomic mass is 9.94. The first-order valence-electron chi connectivity index (χ1n) is 7.45. The Hall–Kier alpha value is -1.66. The van der Waals surface area contributed by atoms with Gasteiger partial charge in [0.05, 0.1) is 12.7 Å². The highest BCUT2D eigenvalue weighted by Crippen LogP contribution is 2.29. The molecule has 1 N–H and O–H groups in total. The molecule has 1 aliphatic heterocycles. The fourth-order valence-corrected chi connectivity index (χ4v) is 3.40. The summed E-state index contributed by atoms with van der Waals surface area (Å²) in [5, 5.41) is 4.94. The molecule has 2 aromatic heterocycles. The van der Waals surface area contributed by atoms with Crippen molar-refractivity contribution in [3.63, 3.8) is 0 Å². The molecule has 0 radical (unpaired) electrons. The number of oxazole rings is 1. The smallest absolute Gasteiger partial charge is 0.242 e. The van der Waals surface area contributed by atoms with Crippen molar-refractivity contribution in [3.05, 3.63) is 40.2 Å². The fourth-order valence-electron chi connectivity index (χ4n) is 2.54. The van der Waals surface area contributed by atoms with Gasteiger partial charge in [0.2, 0.25) is 11.8 Å². The number of piperazine rings is 1. The van der Waals surface area contributed by atoms with Gasteiger partial charge in [0.1, 0.15) is 11.8 Å². The van der Waals surface area contributed by atoms with Crippen LogP contribution in [0.3, 0.4) is 0 Å². The second kappa shape index (κ2) is 5.85. The largest absolute Gasteiger partial charge is 0.444 e. The number of amides is 1. The van der Waals surface area contributed by atoms with Crippen LogP contribution in [-0.2, 0) is 16.8 Å². The van der Waals surface area contributed by atoms with E-state index in [0.29, 0.717) is 19.0 Å². The molecule has 1 aliphatic rings. The van der Waals surface area contributed by atoms with Gasteiger partial charge in [0, 0.05) is 23.4 Å². The van der Waals surface area contributed by atoms with Crippen molar-refractivity contribution in [2.24, 2.45) is 0 Å². The third kappa shape index (κ3) is 3.08. The highest BCUT2D eigenvalue weighted by molar-refractivity contribution is 7.10. The number of rotatable bonds is 3. The lowest BCUT2D eigenvalue weighted by molar-refractivity contribution is -0.129. The number of nitrogens with one attached hydrogen (secondary N) is 1. The average Bonchev–Trinajstić information content (AvgIpc) is 3.09. The van der Waals surface area contributed by atoms with E-state index < -0.39 is 0 Å². The highest BCUT2D eigenvalue weighted by Gasteiger charge is 2.33. The number of carbonyl (C=O) groups is 1. The Morgan fingerprint density at radius 3 is 2.95 bits per heavy atom. The van der Waals surface area contributed by atoms with Crippen molar-refractivity contribution in [2.75, 3.05) is 13.1 Å². The number of hydrogen-bond donors (Lipinski definition) is 1. The van der Waals surface area contributed by atoms with Gasteiger partial charge in [-0.15, -0.1) is 11.3 Å². The van der Waals surface area contributed by atoms with Crippen molar-refractivity contribution in [2.45, 2.75) is 38.8 Å². The molecule has 0 bridgehead atoms. The minimum Gasteiger partial charge on any atom is -0.444 e. The van der Waals surface area contributed by atoms with E-state index in [1.165, 1.54) is 0 Å². The molecule has 3 heterocycles. The molecule has 3 rings (SSSR count). The van der Waals surface area contributed by atoms with Gasteiger partial charge in [-0.25, -0.2) is 4.98 Å². The summed E-state index contributed by atoms with van der Waals surface area (Å²) in [6.45, 7) is 8.29. The Balaban J connectivity index is 1.80. The molecule has 118 valence electrons. The van der Waals surface area contributed by atoms with Gasteiger partial charge >= 0.3 is 0 Å². The van der Waals surface area contributed by atoms with E-state index in [2.05, 4.69) is 36.0 Å². The summed E-state index contributed by atoms with van der Waals surface area (Å²) in [5.41, 5.74) is -0.0579. The normalized spacial score (nSPS) is 20.1. The number of nitrogens with zero attached hydrogens (tertiary/aromatic N) is 2. The Morgan fingerprint density at radius 2 is 2.32 bits per heavy atom. The van der Waals surface area contributed by atoms with Crippen LogP contribution in [0.4, 0.5) is 0 Å². The second-order valence-corrected chi connectivity index (χ2v) is 7.53. The van der Waals surface area contributed by atoms with E-state index in [1.54, 1.807) is 17.5 Å². The molecule has 5 nitrogen and oxygen atoms in total. The molecule has 1 amide bonds. The SMILES string of the molecule is CC(C)(C)c1cnc(CN2CCNC(=O)[C@@H]2c2cccs2)o1. The summed E-state index contributed by atoms with van der Waals surface area (Å²) in [6, 6.07) is 3.73. The second-order valence-electron chi connectivity index (χ2n) is 6.55. The lowest BCUT2D eigenvalue weighted by Gasteiger charge is -2.33. The van der Waals surface area contributed by atoms with Crippen LogP contribution in [0, 0.1) is 0 Å². The third-order valence-electron chi connectivity index (χ3n) is 3.76. The van der Waals surface area contributed by atoms with Crippen LogP contribution >= 0.6 is 11.3 Å². The highest BCUT2D eigenvalue weighted by atomic mass is 32.1. The minimum atomic E-state index is -0.251. The number of aromatic nitrogens is 1. The number of carbonyl (C=O) groups excluding carboxylic acids is 1. The van der Waals surface area contributed by atoms with Crippen molar-refractivity contribution in [1.82, 2.24) is 15.2 Å². The first-order valence-corrected chi connectivity index (χ1v) is 8.33. The molecule has 1 fully saturated rings. The molecule has 0 aromatic carbocycles. The van der Waals surface area contributed by atoms with E-state index in [1.807, 2.05) is 17.5 Å². The first-order chi connectivity index (χ1) is 10.4. The molecular formula is C16H21N3O2S. The standard InChI is InChI=1S/C16H21N3O2S/c1-16(2,3)12-9-18-13(21-12)10-19-7-6-17-15(20)14(19)11-5-4-8-22-11/h4-5,8-9,14H,6-7,10H2,1-3H3,(H,17,20)/t14-/m0/s1. The number of hydrogen-bond acceptors (Lipinski definition) is 5. The quantitative estimate of drug-likeness (QED) is 0.945. The van der Waals surface area contributed by atoms with Gasteiger partial charge in [-0.1, -0.05) is 26.8 Å². The van der Waals surface area contributed by atoms with E-state index in [-0.39, 0.29) is 17.4 Å². The van der Waals surface area contributed by atoms with Gasteiger partial charge in [-0.05, 0) is 11.4 Å². The van der Waals surface area contributed by atoms with Crippen LogP contribution in [0.2, 0.25) is 0 Å². The van der Waals surface area contributed by atoms with Crippen LogP contribution < -0.4 is 5.32 Å². The topological polar surface area (TPSA) is 58.4 Å². The maximum atomic E-state index is 12.3. The van der Waals surface area contributed by atoms with Gasteiger partial charge in [0.15, 0.2) is 0 Å². The maximum Gasteiger partial charge on any atom is 0.242 e. The van der Waals surface area contributed by atoms with Gasteiger partial charge in [-0.3, -0.25) is 9.69 Å². The van der Waals surface area contributed by atoms with Crippen LogP contribution in [0.25, 0.3) is 0 Å². The van der Waals surface area contributed by atoms with Gasteiger partial charge in [-0.2, -0.15) is 0 Å². The van der Waals surface area contributed by atoms with Crippen LogP contribution in [0.5, 0.6) is 0 Å². The van der Waals surface area contributed by atoms with Crippen molar-refractivity contribution in [1.29, 1.82) is 0 Å². The van der Waals surface area contributed by atoms with Crippen molar-refractivity contribution >= 4 is 17.2 Å². The van der Waals surface area contributed by atoms with Crippen molar-refractivity contribution in [3.8, 4) is 0 Å². The molecule has 0 spiro atoms. The molecule has 0 unspecified atom stereocenters. The zero-order valence-electron chi connectivity index (χ0n) is 13.1. The van der Waals surface area contributed by atoms with E-state index >= 15 is 0 Å². The third-order valence-corrected chi connectivity index (χ3v) is 4.68. The maximum absolute atomic E-state index is 12.3. The molecule has 0 saturated carbocycles. The number of thiophene rings is 1. The van der Waals surface area contributed by atoms with E-state index in [0.717, 1.165) is 17.2 Å². The molecule has 0 aliphatic carbocycles. The Labute approximate surface area is 134 Å². The molecule has 22 heavy (non-hydrogen) atoms. The monoisotopic (exact) mass is 319 g/mol. The zero-order valence-corrected chi connectivity index (χ0v) is 13.9. The predicted octanol–water partition coefficient (Wildman–Crippen LogP) is 2.71. The predicted molar refractivity (Wildman–Crippen MR) is 85.7 cm³/mol. The average molecular weight is 319 g/mol. The van der Waals surface area contributed by atoms with Gasteiger partial charge in [0.25, 0.3) is 0 Å². The van der Waals surface area contributed by atoms with Crippen LogP contribution in [0.1, 0.15) is 43.3 Å². The summed E-state index contributed by atoms with van der Waals surface area (Å²) >= 11 is 1.60. The summed E-state index contributed by atoms with van der Waals surface area (Å²) in [4.78, 5) is 19.8. The van der Waals surface area contributed by atoms with Crippen molar-refractivity contribution < 1.29 is 9.21 Å². The Kier molecular flexibility index (Phi) is 4.06. The molecule has 1 atom stereocenters. The summed E-state index contributed by atoms with van der Waals surface area (Å²) in [7, 11) is 0. The fraction of sp³-hybridized carbons (Fsp3) is 0.500. The molecule has 6 heteroatoms. The van der Waals surface area contributed by atoms with Crippen LogP contribution in [-0.4, -0.2) is 28.9 Å². The summed E-state index contributed by atoms with van der Waals surface area (Å²) in [6.07, 6.45) is 1.79. The van der Waals surface area contributed by atoms with E-state index in [9.17, 15) is 4.79 Å². The summed E-state index contributed by atoms with van der Waals surface area (Å²) in [5.74, 6) is 1.59. The molecule has 1 saturated heterocycles. The van der Waals surface area contributed by atoms with E-state index in [4.69, 9.17) is 4.42 Å². The first kappa shape index (κ1) is 15.2. The minimum absolute atomic E-state index is 0.0521. The molecule has 2 aromatic rings. The summed E-state index contributed by atoms with van der Waals surface area (Å²) < 4.78 is 5.87. The molecular weight excluding hydrogens is 298 g/mol. The van der Waals surface area contributed by atoms with Gasteiger partial charge < -0.3 is 9.73 Å².